The average molecular weight is 183 g/mol. The monoisotopic (exact) mass is 183 g/mol. The van der Waals surface area contributed by atoms with E-state index in [1.54, 1.807) is 6.07 Å². The standard InChI is InChI=1S/C7H5NO3S/c9-4-3-6-5(1-2-12-6)11-8-7(4)10/h1-2H,3H2,(H,8,10). The van der Waals surface area contributed by atoms with Crippen LogP contribution in [0.5, 0.6) is 5.75 Å². The number of Topliss-reactive ketones (excluding diaryl/α,β-unsaturated/α-hetero) is 1. The van der Waals surface area contributed by atoms with E-state index in [0.29, 0.717) is 5.75 Å². The highest BCUT2D eigenvalue weighted by atomic mass is 32.1. The molecule has 1 aromatic heterocycles. The molecule has 1 N–H and O–H groups in total. The molecule has 1 aliphatic rings. The molecule has 5 heteroatoms. The number of hydrogen-bond donors (Lipinski definition) is 1. The SMILES string of the molecule is O=C1Cc2sccc2ONC1=O. The molecule has 0 saturated carbocycles. The van der Waals surface area contributed by atoms with Crippen LogP contribution in [-0.4, -0.2) is 11.7 Å². The Labute approximate surface area is 72.1 Å². The minimum Gasteiger partial charge on any atom is -0.378 e. The fourth-order valence-electron chi connectivity index (χ4n) is 0.933. The Bertz CT molecular complexity index is 344. The van der Waals surface area contributed by atoms with Gasteiger partial charge in [0, 0.05) is 0 Å². The van der Waals surface area contributed by atoms with Gasteiger partial charge in [-0.15, -0.1) is 11.3 Å². The first-order chi connectivity index (χ1) is 5.77. The van der Waals surface area contributed by atoms with Crippen LogP contribution in [0.1, 0.15) is 4.88 Å². The zero-order valence-corrected chi connectivity index (χ0v) is 6.81. The van der Waals surface area contributed by atoms with Crippen LogP contribution in [0.2, 0.25) is 0 Å². The summed E-state index contributed by atoms with van der Waals surface area (Å²) in [6, 6.07) is 1.72. The zero-order valence-electron chi connectivity index (χ0n) is 5.99. The number of carbonyl (C=O) groups is 2. The minimum absolute atomic E-state index is 0.138. The Morgan fingerprint density at radius 1 is 1.50 bits per heavy atom. The Balaban J connectivity index is 2.36. The number of fused-ring (bicyclic) bond motifs is 1. The lowest BCUT2D eigenvalue weighted by molar-refractivity contribution is -0.141. The quantitative estimate of drug-likeness (QED) is 0.588. The predicted octanol–water partition coefficient (Wildman–Crippen LogP) is 0.283. The first kappa shape index (κ1) is 7.30. The van der Waals surface area contributed by atoms with Crippen molar-refractivity contribution < 1.29 is 14.4 Å². The Morgan fingerprint density at radius 3 is 3.17 bits per heavy atom. The second-order valence-corrected chi connectivity index (χ2v) is 3.34. The van der Waals surface area contributed by atoms with Crippen LogP contribution in [0.25, 0.3) is 0 Å². The van der Waals surface area contributed by atoms with E-state index >= 15 is 0 Å². The summed E-state index contributed by atoms with van der Waals surface area (Å²) < 4.78 is 0. The van der Waals surface area contributed by atoms with Crippen LogP contribution in [-0.2, 0) is 16.0 Å². The number of rotatable bonds is 0. The second kappa shape index (κ2) is 2.60. The molecule has 0 radical (unpaired) electrons. The number of nitrogens with one attached hydrogen (secondary N) is 1. The van der Waals surface area contributed by atoms with Gasteiger partial charge in [0.2, 0.25) is 5.78 Å². The van der Waals surface area contributed by atoms with Gasteiger partial charge in [0.25, 0.3) is 0 Å². The van der Waals surface area contributed by atoms with Crippen LogP contribution in [0.4, 0.5) is 0 Å². The summed E-state index contributed by atoms with van der Waals surface area (Å²) in [6.45, 7) is 0. The van der Waals surface area contributed by atoms with Crippen molar-refractivity contribution in [1.82, 2.24) is 5.48 Å². The molecule has 0 bridgehead atoms. The zero-order chi connectivity index (χ0) is 8.55. The highest BCUT2D eigenvalue weighted by Gasteiger charge is 2.22. The summed E-state index contributed by atoms with van der Waals surface area (Å²) in [5, 5.41) is 1.81. The van der Waals surface area contributed by atoms with Gasteiger partial charge in [-0.05, 0) is 11.4 Å². The lowest BCUT2D eigenvalue weighted by atomic mass is 10.2. The summed E-state index contributed by atoms with van der Waals surface area (Å²) >= 11 is 1.41. The average Bonchev–Trinajstić information content (AvgIpc) is 2.43. The fraction of sp³-hybridized carbons (Fsp3) is 0.143. The lowest BCUT2D eigenvalue weighted by Gasteiger charge is -1.98. The maximum absolute atomic E-state index is 11.0. The van der Waals surface area contributed by atoms with E-state index in [1.807, 2.05) is 5.38 Å². The molecule has 0 aliphatic carbocycles. The number of hydroxylamine groups is 1. The number of ketones is 1. The highest BCUT2D eigenvalue weighted by Crippen LogP contribution is 2.26. The topological polar surface area (TPSA) is 55.4 Å². The van der Waals surface area contributed by atoms with Crippen molar-refractivity contribution in [3.63, 3.8) is 0 Å². The van der Waals surface area contributed by atoms with Gasteiger partial charge in [-0.2, -0.15) is 5.48 Å². The molecule has 0 saturated heterocycles. The summed E-state index contributed by atoms with van der Waals surface area (Å²) in [4.78, 5) is 27.4. The largest absolute Gasteiger partial charge is 0.378 e. The van der Waals surface area contributed by atoms with Gasteiger partial charge in [0.05, 0.1) is 11.3 Å². The van der Waals surface area contributed by atoms with E-state index in [9.17, 15) is 9.59 Å². The van der Waals surface area contributed by atoms with Crippen LogP contribution in [0, 0.1) is 0 Å². The molecule has 62 valence electrons. The van der Waals surface area contributed by atoms with Gasteiger partial charge in [-0.1, -0.05) is 0 Å². The highest BCUT2D eigenvalue weighted by molar-refractivity contribution is 7.10. The molecule has 0 atom stereocenters. The van der Waals surface area contributed by atoms with E-state index < -0.39 is 11.7 Å². The number of carbonyl (C=O) groups excluding carboxylic acids is 2. The molecule has 1 aromatic rings. The number of thiophene rings is 1. The van der Waals surface area contributed by atoms with Crippen LogP contribution < -0.4 is 10.3 Å². The van der Waals surface area contributed by atoms with Gasteiger partial charge in [-0.3, -0.25) is 9.59 Å². The molecule has 0 spiro atoms. The van der Waals surface area contributed by atoms with Gasteiger partial charge in [-0.25, -0.2) is 0 Å². The van der Waals surface area contributed by atoms with E-state index in [2.05, 4.69) is 5.48 Å². The van der Waals surface area contributed by atoms with Crippen molar-refractivity contribution in [3.8, 4) is 5.75 Å². The van der Waals surface area contributed by atoms with Gasteiger partial charge in [0.1, 0.15) is 0 Å². The van der Waals surface area contributed by atoms with E-state index in [0.717, 1.165) is 4.88 Å². The van der Waals surface area contributed by atoms with Gasteiger partial charge >= 0.3 is 5.91 Å². The Kier molecular flexibility index (Phi) is 1.58. The molecule has 4 nitrogen and oxygen atoms in total. The van der Waals surface area contributed by atoms with Gasteiger partial charge in [0.15, 0.2) is 5.75 Å². The Hall–Kier alpha value is -1.36. The van der Waals surface area contributed by atoms with E-state index in [-0.39, 0.29) is 6.42 Å². The molecule has 1 amide bonds. The summed E-state index contributed by atoms with van der Waals surface area (Å²) in [5.74, 6) is -0.575. The molecule has 0 fully saturated rings. The van der Waals surface area contributed by atoms with Crippen molar-refractivity contribution in [2.75, 3.05) is 0 Å². The summed E-state index contributed by atoms with van der Waals surface area (Å²) in [6.07, 6.45) is 0.138. The lowest BCUT2D eigenvalue weighted by Crippen LogP contribution is -2.31. The number of amides is 1. The Morgan fingerprint density at radius 2 is 2.33 bits per heavy atom. The third-order valence-corrected chi connectivity index (χ3v) is 2.43. The molecule has 2 rings (SSSR count). The normalized spacial score (nSPS) is 16.0. The third kappa shape index (κ3) is 1.08. The minimum atomic E-state index is -0.682. The second-order valence-electron chi connectivity index (χ2n) is 2.34. The van der Waals surface area contributed by atoms with Crippen LogP contribution in [0.3, 0.4) is 0 Å². The van der Waals surface area contributed by atoms with Crippen LogP contribution in [0.15, 0.2) is 11.4 Å². The number of hydrogen-bond acceptors (Lipinski definition) is 4. The molecule has 1 aliphatic heterocycles. The molecular weight excluding hydrogens is 178 g/mol. The maximum atomic E-state index is 11.0. The summed E-state index contributed by atoms with van der Waals surface area (Å²) in [7, 11) is 0. The first-order valence-electron chi connectivity index (χ1n) is 3.34. The molecule has 0 unspecified atom stereocenters. The van der Waals surface area contributed by atoms with Crippen molar-refractivity contribution in [1.29, 1.82) is 0 Å². The smallest absolute Gasteiger partial charge is 0.320 e. The fourth-order valence-corrected chi connectivity index (χ4v) is 1.73. The third-order valence-electron chi connectivity index (χ3n) is 1.53. The van der Waals surface area contributed by atoms with Crippen molar-refractivity contribution >= 4 is 23.0 Å². The van der Waals surface area contributed by atoms with E-state index in [4.69, 9.17) is 4.84 Å². The van der Waals surface area contributed by atoms with Gasteiger partial charge < -0.3 is 4.84 Å². The molecular formula is C7H5NO3S. The predicted molar refractivity (Wildman–Crippen MR) is 41.8 cm³/mol. The summed E-state index contributed by atoms with van der Waals surface area (Å²) in [5.41, 5.74) is 2.05. The van der Waals surface area contributed by atoms with Crippen molar-refractivity contribution in [2.24, 2.45) is 0 Å². The van der Waals surface area contributed by atoms with Crippen molar-refractivity contribution in [3.05, 3.63) is 16.3 Å². The molecule has 2 heterocycles. The first-order valence-corrected chi connectivity index (χ1v) is 4.22. The molecule has 12 heavy (non-hydrogen) atoms. The van der Waals surface area contributed by atoms with Crippen molar-refractivity contribution in [2.45, 2.75) is 6.42 Å². The maximum Gasteiger partial charge on any atom is 0.320 e. The van der Waals surface area contributed by atoms with E-state index in [1.165, 1.54) is 11.3 Å². The van der Waals surface area contributed by atoms with Crippen LogP contribution >= 0.6 is 11.3 Å². The molecule has 0 aromatic carbocycles.